The summed E-state index contributed by atoms with van der Waals surface area (Å²) in [7, 11) is 0. The van der Waals surface area contributed by atoms with Crippen LogP contribution >= 0.6 is 12.4 Å². The van der Waals surface area contributed by atoms with Crippen molar-refractivity contribution in [1.82, 2.24) is 5.32 Å². The summed E-state index contributed by atoms with van der Waals surface area (Å²) >= 11 is 0. The molecule has 0 amide bonds. The second-order valence-electron chi connectivity index (χ2n) is 8.90. The molecular weight excluding hydrogens is 342 g/mol. The Morgan fingerprint density at radius 3 is 2.15 bits per heavy atom. The highest BCUT2D eigenvalue weighted by atomic mass is 35.5. The molecule has 0 fully saturated rings. The Bertz CT molecular complexity index is 671. The van der Waals surface area contributed by atoms with Crippen LogP contribution in [0, 0.1) is 12.3 Å². The number of ether oxygens (including phenoxy) is 1. The van der Waals surface area contributed by atoms with E-state index >= 15 is 0 Å². The minimum atomic E-state index is 0. The number of nitrogens with one attached hydrogen (secondary N) is 1. The van der Waals surface area contributed by atoms with Gasteiger partial charge in [-0.25, -0.2) is 0 Å². The van der Waals surface area contributed by atoms with Crippen molar-refractivity contribution >= 4 is 12.4 Å². The summed E-state index contributed by atoms with van der Waals surface area (Å²) in [6.45, 7) is 15.0. The molecule has 2 nitrogen and oxygen atoms in total. The standard InChI is InChI=1S/C23H33NO.ClH/c1-18-10-12-19(13-11-18)16-25-21-9-7-8-20(14-21)15-24-23(5,6)17-22(2,3)4;/h7-14,24H,15-17H2,1-6H3;1H. The van der Waals surface area contributed by atoms with Crippen molar-refractivity contribution < 1.29 is 4.74 Å². The SMILES string of the molecule is Cc1ccc(COc2cccc(CNC(C)(C)CC(C)(C)C)c2)cc1.Cl. The first-order chi connectivity index (χ1) is 11.6. The lowest BCUT2D eigenvalue weighted by atomic mass is 9.82. The average Bonchev–Trinajstić information content (AvgIpc) is 2.51. The fourth-order valence-corrected chi connectivity index (χ4v) is 3.33. The molecule has 0 aliphatic carbocycles. The molecule has 0 aliphatic heterocycles. The largest absolute Gasteiger partial charge is 0.489 e. The van der Waals surface area contributed by atoms with E-state index in [1.54, 1.807) is 0 Å². The Morgan fingerprint density at radius 1 is 0.885 bits per heavy atom. The van der Waals surface area contributed by atoms with Crippen LogP contribution in [0.15, 0.2) is 48.5 Å². The molecule has 0 saturated heterocycles. The highest BCUT2D eigenvalue weighted by Crippen LogP contribution is 2.27. The molecule has 0 spiro atoms. The molecule has 144 valence electrons. The summed E-state index contributed by atoms with van der Waals surface area (Å²) in [6.07, 6.45) is 1.13. The van der Waals surface area contributed by atoms with Crippen LogP contribution in [-0.4, -0.2) is 5.54 Å². The van der Waals surface area contributed by atoms with E-state index in [-0.39, 0.29) is 17.9 Å². The maximum Gasteiger partial charge on any atom is 0.120 e. The maximum atomic E-state index is 5.96. The van der Waals surface area contributed by atoms with E-state index in [2.05, 4.69) is 89.3 Å². The van der Waals surface area contributed by atoms with Gasteiger partial charge in [0.2, 0.25) is 0 Å². The monoisotopic (exact) mass is 375 g/mol. The predicted octanol–water partition coefficient (Wildman–Crippen LogP) is 6.30. The molecule has 3 heteroatoms. The van der Waals surface area contributed by atoms with Crippen molar-refractivity contribution in [1.29, 1.82) is 0 Å². The molecule has 2 rings (SSSR count). The summed E-state index contributed by atoms with van der Waals surface area (Å²) in [5, 5.41) is 3.68. The number of hydrogen-bond acceptors (Lipinski definition) is 2. The van der Waals surface area contributed by atoms with Gasteiger partial charge in [0, 0.05) is 12.1 Å². The second kappa shape index (κ2) is 9.43. The van der Waals surface area contributed by atoms with Gasteiger partial charge in [-0.15, -0.1) is 12.4 Å². The highest BCUT2D eigenvalue weighted by molar-refractivity contribution is 5.85. The first-order valence-electron chi connectivity index (χ1n) is 9.15. The zero-order chi connectivity index (χ0) is 18.5. The van der Waals surface area contributed by atoms with Crippen molar-refractivity contribution in [2.45, 2.75) is 66.7 Å². The van der Waals surface area contributed by atoms with Crippen LogP contribution in [0.3, 0.4) is 0 Å². The van der Waals surface area contributed by atoms with Crippen LogP contribution in [-0.2, 0) is 13.2 Å². The molecule has 0 heterocycles. The molecule has 0 aromatic heterocycles. The summed E-state index contributed by atoms with van der Waals surface area (Å²) in [5.74, 6) is 0.925. The van der Waals surface area contributed by atoms with Gasteiger partial charge in [0.1, 0.15) is 12.4 Å². The van der Waals surface area contributed by atoms with E-state index < -0.39 is 0 Å². The third-order valence-electron chi connectivity index (χ3n) is 4.17. The molecule has 0 aliphatic rings. The van der Waals surface area contributed by atoms with Crippen LogP contribution in [0.4, 0.5) is 0 Å². The summed E-state index contributed by atoms with van der Waals surface area (Å²) in [5.41, 5.74) is 4.14. The number of rotatable bonds is 7. The fourth-order valence-electron chi connectivity index (χ4n) is 3.33. The predicted molar refractivity (Wildman–Crippen MR) is 114 cm³/mol. The van der Waals surface area contributed by atoms with Gasteiger partial charge in [0.25, 0.3) is 0 Å². The van der Waals surface area contributed by atoms with E-state index in [1.807, 2.05) is 6.07 Å². The molecule has 0 bridgehead atoms. The van der Waals surface area contributed by atoms with E-state index in [9.17, 15) is 0 Å². The van der Waals surface area contributed by atoms with Crippen LogP contribution in [0.1, 0.15) is 57.7 Å². The first kappa shape index (κ1) is 22.5. The topological polar surface area (TPSA) is 21.3 Å². The smallest absolute Gasteiger partial charge is 0.120 e. The van der Waals surface area contributed by atoms with E-state index in [4.69, 9.17) is 4.74 Å². The van der Waals surface area contributed by atoms with Crippen molar-refractivity contribution in [2.75, 3.05) is 0 Å². The van der Waals surface area contributed by atoms with Crippen LogP contribution in [0.2, 0.25) is 0 Å². The lowest BCUT2D eigenvalue weighted by Crippen LogP contribution is -2.41. The molecule has 26 heavy (non-hydrogen) atoms. The van der Waals surface area contributed by atoms with Crippen LogP contribution in [0.5, 0.6) is 5.75 Å². The maximum absolute atomic E-state index is 5.96. The number of aryl methyl sites for hydroxylation is 1. The van der Waals surface area contributed by atoms with Gasteiger partial charge in [0.05, 0.1) is 0 Å². The highest BCUT2D eigenvalue weighted by Gasteiger charge is 2.24. The Balaban J connectivity index is 0.00000338. The average molecular weight is 376 g/mol. The fraction of sp³-hybridized carbons (Fsp3) is 0.478. The number of halogens is 1. The van der Waals surface area contributed by atoms with E-state index in [0.29, 0.717) is 12.0 Å². The third-order valence-corrected chi connectivity index (χ3v) is 4.17. The van der Waals surface area contributed by atoms with Gasteiger partial charge in [0.15, 0.2) is 0 Å². The molecule has 0 saturated carbocycles. The van der Waals surface area contributed by atoms with Gasteiger partial charge in [-0.2, -0.15) is 0 Å². The van der Waals surface area contributed by atoms with Crippen molar-refractivity contribution in [3.8, 4) is 5.75 Å². The minimum Gasteiger partial charge on any atom is -0.489 e. The van der Waals surface area contributed by atoms with Crippen LogP contribution in [0.25, 0.3) is 0 Å². The summed E-state index contributed by atoms with van der Waals surface area (Å²) in [4.78, 5) is 0. The lowest BCUT2D eigenvalue weighted by molar-refractivity contribution is 0.240. The summed E-state index contributed by atoms with van der Waals surface area (Å²) in [6, 6.07) is 16.9. The molecule has 2 aromatic carbocycles. The lowest BCUT2D eigenvalue weighted by Gasteiger charge is -2.33. The van der Waals surface area contributed by atoms with Gasteiger partial charge >= 0.3 is 0 Å². The third kappa shape index (κ3) is 8.25. The second-order valence-corrected chi connectivity index (χ2v) is 8.90. The van der Waals surface area contributed by atoms with Crippen molar-refractivity contribution in [3.05, 3.63) is 65.2 Å². The number of hydrogen-bond donors (Lipinski definition) is 1. The summed E-state index contributed by atoms with van der Waals surface area (Å²) < 4.78 is 5.96. The molecule has 1 N–H and O–H groups in total. The quantitative estimate of drug-likeness (QED) is 0.613. The van der Waals surface area contributed by atoms with Crippen LogP contribution < -0.4 is 10.1 Å². The van der Waals surface area contributed by atoms with Gasteiger partial charge in [-0.3, -0.25) is 0 Å². The van der Waals surface area contributed by atoms with Crippen molar-refractivity contribution in [3.63, 3.8) is 0 Å². The molecule has 0 atom stereocenters. The molecule has 0 radical (unpaired) electrons. The first-order valence-corrected chi connectivity index (χ1v) is 9.15. The Morgan fingerprint density at radius 2 is 1.54 bits per heavy atom. The minimum absolute atomic E-state index is 0. The Kier molecular flexibility index (Phi) is 8.17. The molecule has 2 aromatic rings. The van der Waals surface area contributed by atoms with Gasteiger partial charge in [-0.1, -0.05) is 62.7 Å². The van der Waals surface area contributed by atoms with Crippen molar-refractivity contribution in [2.24, 2.45) is 5.41 Å². The zero-order valence-corrected chi connectivity index (χ0v) is 17.9. The zero-order valence-electron chi connectivity index (χ0n) is 17.1. The Labute approximate surface area is 165 Å². The van der Waals surface area contributed by atoms with Gasteiger partial charge in [-0.05, 0) is 55.9 Å². The Hall–Kier alpha value is -1.51. The van der Waals surface area contributed by atoms with E-state index in [0.717, 1.165) is 18.7 Å². The normalized spacial score (nSPS) is 11.8. The van der Waals surface area contributed by atoms with E-state index in [1.165, 1.54) is 16.7 Å². The van der Waals surface area contributed by atoms with Gasteiger partial charge < -0.3 is 10.1 Å². The number of benzene rings is 2. The molecule has 0 unspecified atom stereocenters. The molecular formula is C23H34ClNO.